The Morgan fingerprint density at radius 3 is 2.28 bits per heavy atom. The zero-order chi connectivity index (χ0) is 17.9. The quantitative estimate of drug-likeness (QED) is 0.281. The smallest absolute Gasteiger partial charge is 0.130 e. The zero-order valence-electron chi connectivity index (χ0n) is 15.7. The van der Waals surface area contributed by atoms with Crippen molar-refractivity contribution in [1.82, 2.24) is 0 Å². The molecule has 25 heavy (non-hydrogen) atoms. The van der Waals surface area contributed by atoms with Gasteiger partial charge in [-0.05, 0) is 43.7 Å². The van der Waals surface area contributed by atoms with E-state index in [1.165, 1.54) is 36.6 Å². The lowest BCUT2D eigenvalue weighted by molar-refractivity contribution is 0.301. The standard InChI is InChI=1S/C22H31BrO2/c1-3-5-10-16-25-22-18(4-2)17-21(24-15-11-6-9-14-23)19-12-7-8-13-20(19)22/h7-8,12-13,17H,3-6,9-11,14-16H2,1-2H3. The molecule has 0 fully saturated rings. The van der Waals surface area contributed by atoms with Crippen molar-refractivity contribution in [3.63, 3.8) is 0 Å². The van der Waals surface area contributed by atoms with Gasteiger partial charge in [0.2, 0.25) is 0 Å². The minimum atomic E-state index is 0.775. The second-order valence-corrected chi connectivity index (χ2v) is 7.21. The molecule has 0 bridgehead atoms. The van der Waals surface area contributed by atoms with Crippen molar-refractivity contribution in [3.8, 4) is 11.5 Å². The van der Waals surface area contributed by atoms with E-state index in [0.717, 1.165) is 54.7 Å². The number of hydrogen-bond donors (Lipinski definition) is 0. The molecule has 0 aromatic heterocycles. The van der Waals surface area contributed by atoms with Crippen LogP contribution in [0.1, 0.15) is 57.9 Å². The van der Waals surface area contributed by atoms with E-state index in [9.17, 15) is 0 Å². The summed E-state index contributed by atoms with van der Waals surface area (Å²) in [5, 5.41) is 3.40. The van der Waals surface area contributed by atoms with E-state index in [0.29, 0.717) is 0 Å². The van der Waals surface area contributed by atoms with Crippen LogP contribution in [0.15, 0.2) is 30.3 Å². The molecule has 2 nitrogen and oxygen atoms in total. The molecule has 0 radical (unpaired) electrons. The molecular weight excluding hydrogens is 376 g/mol. The number of ether oxygens (including phenoxy) is 2. The summed E-state index contributed by atoms with van der Waals surface area (Å²) in [5.41, 5.74) is 1.24. The molecule has 0 heterocycles. The van der Waals surface area contributed by atoms with Crippen molar-refractivity contribution in [3.05, 3.63) is 35.9 Å². The molecule has 0 aliphatic carbocycles. The zero-order valence-corrected chi connectivity index (χ0v) is 17.2. The summed E-state index contributed by atoms with van der Waals surface area (Å²) in [6, 6.07) is 10.6. The normalized spacial score (nSPS) is 11.0. The number of fused-ring (bicyclic) bond motifs is 1. The third-order valence-corrected chi connectivity index (χ3v) is 5.01. The first kappa shape index (κ1) is 20.1. The highest BCUT2D eigenvalue weighted by Gasteiger charge is 2.13. The topological polar surface area (TPSA) is 18.5 Å². The Morgan fingerprint density at radius 1 is 0.840 bits per heavy atom. The molecule has 2 rings (SSSR count). The molecule has 0 saturated carbocycles. The lowest BCUT2D eigenvalue weighted by Gasteiger charge is -2.17. The summed E-state index contributed by atoms with van der Waals surface area (Å²) in [4.78, 5) is 0. The lowest BCUT2D eigenvalue weighted by Crippen LogP contribution is -2.03. The summed E-state index contributed by atoms with van der Waals surface area (Å²) in [6.45, 7) is 5.97. The Balaban J connectivity index is 2.19. The Labute approximate surface area is 161 Å². The van der Waals surface area contributed by atoms with Gasteiger partial charge in [-0.15, -0.1) is 0 Å². The van der Waals surface area contributed by atoms with Gasteiger partial charge in [0.1, 0.15) is 11.5 Å². The molecule has 2 aromatic carbocycles. The number of benzene rings is 2. The van der Waals surface area contributed by atoms with E-state index < -0.39 is 0 Å². The van der Waals surface area contributed by atoms with Gasteiger partial charge in [-0.1, -0.05) is 66.9 Å². The first-order valence-electron chi connectivity index (χ1n) is 9.68. The van der Waals surface area contributed by atoms with E-state index in [1.54, 1.807) is 0 Å². The lowest BCUT2D eigenvalue weighted by atomic mass is 10.0. The van der Waals surface area contributed by atoms with E-state index in [-0.39, 0.29) is 0 Å². The molecule has 0 aliphatic rings. The average Bonchev–Trinajstić information content (AvgIpc) is 2.65. The maximum absolute atomic E-state index is 6.20. The van der Waals surface area contributed by atoms with Crippen molar-refractivity contribution in [2.75, 3.05) is 18.5 Å². The van der Waals surface area contributed by atoms with Crippen LogP contribution in [0.25, 0.3) is 10.8 Å². The monoisotopic (exact) mass is 406 g/mol. The minimum Gasteiger partial charge on any atom is -0.493 e. The molecule has 0 unspecified atom stereocenters. The molecule has 0 amide bonds. The Morgan fingerprint density at radius 2 is 1.56 bits per heavy atom. The Bertz CT molecular complexity index is 639. The van der Waals surface area contributed by atoms with Crippen molar-refractivity contribution >= 4 is 26.7 Å². The largest absolute Gasteiger partial charge is 0.493 e. The van der Waals surface area contributed by atoms with Crippen LogP contribution in [0.3, 0.4) is 0 Å². The van der Waals surface area contributed by atoms with Crippen LogP contribution in [-0.2, 0) is 6.42 Å². The second kappa shape index (κ2) is 11.4. The number of hydrogen-bond acceptors (Lipinski definition) is 2. The number of unbranched alkanes of at least 4 members (excludes halogenated alkanes) is 4. The molecular formula is C22H31BrO2. The van der Waals surface area contributed by atoms with Gasteiger partial charge in [0.05, 0.1) is 13.2 Å². The fraction of sp³-hybridized carbons (Fsp3) is 0.545. The van der Waals surface area contributed by atoms with Gasteiger partial charge < -0.3 is 9.47 Å². The molecule has 2 aromatic rings. The third kappa shape index (κ3) is 5.91. The molecule has 0 atom stereocenters. The molecule has 3 heteroatoms. The maximum atomic E-state index is 6.20. The average molecular weight is 407 g/mol. The number of aryl methyl sites for hydroxylation is 1. The fourth-order valence-electron chi connectivity index (χ4n) is 3.00. The van der Waals surface area contributed by atoms with Crippen molar-refractivity contribution in [2.45, 2.75) is 58.8 Å². The van der Waals surface area contributed by atoms with Gasteiger partial charge in [-0.3, -0.25) is 0 Å². The van der Waals surface area contributed by atoms with Crippen LogP contribution in [0.2, 0.25) is 0 Å². The number of alkyl halides is 1. The van der Waals surface area contributed by atoms with Crippen molar-refractivity contribution in [1.29, 1.82) is 0 Å². The predicted molar refractivity (Wildman–Crippen MR) is 111 cm³/mol. The van der Waals surface area contributed by atoms with E-state index in [4.69, 9.17) is 9.47 Å². The SMILES string of the molecule is CCCCCOc1c(CC)cc(OCCCCCBr)c2ccccc12. The molecule has 0 aliphatic heterocycles. The number of rotatable bonds is 12. The van der Waals surface area contributed by atoms with Crippen molar-refractivity contribution < 1.29 is 9.47 Å². The van der Waals surface area contributed by atoms with Crippen LogP contribution in [0, 0.1) is 0 Å². The maximum Gasteiger partial charge on any atom is 0.130 e. The van der Waals surface area contributed by atoms with Gasteiger partial charge in [0, 0.05) is 16.1 Å². The summed E-state index contributed by atoms with van der Waals surface area (Å²) >= 11 is 3.48. The number of halogens is 1. The van der Waals surface area contributed by atoms with Crippen LogP contribution in [-0.4, -0.2) is 18.5 Å². The highest BCUT2D eigenvalue weighted by molar-refractivity contribution is 9.09. The molecule has 0 saturated heterocycles. The van der Waals surface area contributed by atoms with Gasteiger partial charge in [-0.25, -0.2) is 0 Å². The summed E-state index contributed by atoms with van der Waals surface area (Å²) in [6.07, 6.45) is 7.99. The molecule has 0 N–H and O–H groups in total. The highest BCUT2D eigenvalue weighted by Crippen LogP contribution is 2.37. The van der Waals surface area contributed by atoms with Crippen LogP contribution >= 0.6 is 15.9 Å². The van der Waals surface area contributed by atoms with Gasteiger partial charge in [0.15, 0.2) is 0 Å². The minimum absolute atomic E-state index is 0.775. The van der Waals surface area contributed by atoms with E-state index in [1.807, 2.05) is 0 Å². The second-order valence-electron chi connectivity index (χ2n) is 6.42. The Kier molecular flexibility index (Phi) is 9.17. The summed E-state index contributed by atoms with van der Waals surface area (Å²) < 4.78 is 12.3. The molecule has 0 spiro atoms. The van der Waals surface area contributed by atoms with Crippen LogP contribution < -0.4 is 9.47 Å². The van der Waals surface area contributed by atoms with Gasteiger partial charge in [-0.2, -0.15) is 0 Å². The summed E-state index contributed by atoms with van der Waals surface area (Å²) in [7, 11) is 0. The molecule has 138 valence electrons. The Hall–Kier alpha value is -1.22. The first-order valence-corrected chi connectivity index (χ1v) is 10.8. The highest BCUT2D eigenvalue weighted by atomic mass is 79.9. The van der Waals surface area contributed by atoms with E-state index >= 15 is 0 Å². The van der Waals surface area contributed by atoms with Gasteiger partial charge in [0.25, 0.3) is 0 Å². The van der Waals surface area contributed by atoms with Gasteiger partial charge >= 0.3 is 0 Å². The summed E-state index contributed by atoms with van der Waals surface area (Å²) in [5.74, 6) is 2.04. The van der Waals surface area contributed by atoms with E-state index in [2.05, 4.69) is 60.1 Å². The van der Waals surface area contributed by atoms with Crippen LogP contribution in [0.5, 0.6) is 11.5 Å². The van der Waals surface area contributed by atoms with Crippen molar-refractivity contribution in [2.24, 2.45) is 0 Å². The first-order chi connectivity index (χ1) is 12.3. The third-order valence-electron chi connectivity index (χ3n) is 4.44. The van der Waals surface area contributed by atoms with Crippen LogP contribution in [0.4, 0.5) is 0 Å². The predicted octanol–water partition coefficient (Wildman–Crippen LogP) is 6.92. The fourth-order valence-corrected chi connectivity index (χ4v) is 3.40.